The Balaban J connectivity index is 1.47. The Morgan fingerprint density at radius 3 is 2.58 bits per heavy atom. The number of nitrogens with zero attached hydrogens (tertiary/aromatic N) is 1. The summed E-state index contributed by atoms with van der Waals surface area (Å²) in [6.45, 7) is -0.793. The number of rotatable bonds is 8. The molecule has 1 N–H and O–H groups in total. The number of amides is 2. The Morgan fingerprint density at radius 2 is 1.89 bits per heavy atom. The minimum atomic E-state index is -4.62. The summed E-state index contributed by atoms with van der Waals surface area (Å²) in [5, 5.41) is 2.07. The van der Waals surface area contributed by atoms with Crippen molar-refractivity contribution in [1.82, 2.24) is 4.90 Å². The smallest absolute Gasteiger partial charge is 0.416 e. The predicted octanol–water partition coefficient (Wildman–Crippen LogP) is 5.69. The number of carbonyl (C=O) groups is 3. The van der Waals surface area contributed by atoms with Crippen LogP contribution in [0.4, 0.5) is 18.9 Å². The maximum Gasteiger partial charge on any atom is 0.416 e. The maximum atomic E-state index is 12.8. The molecule has 12 heteroatoms. The minimum Gasteiger partial charge on any atom is -0.456 e. The van der Waals surface area contributed by atoms with Gasteiger partial charge in [0.2, 0.25) is 0 Å². The first-order valence-electron chi connectivity index (χ1n) is 10.3. The number of thioether (sulfide) groups is 1. The Labute approximate surface area is 219 Å². The average Bonchev–Trinajstić information content (AvgIpc) is 3.10. The van der Waals surface area contributed by atoms with Gasteiger partial charge in [0.1, 0.15) is 4.32 Å². The standard InChI is InChI=1S/C24H18ClF3N2O4S2/c25-17-10-9-16(24(26,27)28)13-18(17)29-20(31)14-34-21(32)11-12-30-22(33)19(36-23(30)35)8-4-7-15-5-2-1-3-6-15/h1-10,13H,11-12,14H2,(H,29,31)/b7-4?,19-8-. The van der Waals surface area contributed by atoms with Gasteiger partial charge in [0.15, 0.2) is 6.61 Å². The van der Waals surface area contributed by atoms with Crippen molar-refractivity contribution >= 4 is 69.4 Å². The number of hydrogen-bond donors (Lipinski definition) is 1. The molecule has 0 spiro atoms. The van der Waals surface area contributed by atoms with Gasteiger partial charge in [-0.15, -0.1) is 0 Å². The van der Waals surface area contributed by atoms with Gasteiger partial charge in [-0.2, -0.15) is 13.2 Å². The monoisotopic (exact) mass is 554 g/mol. The highest BCUT2D eigenvalue weighted by atomic mass is 35.5. The van der Waals surface area contributed by atoms with Crippen LogP contribution in [0.15, 0.2) is 65.6 Å². The lowest BCUT2D eigenvalue weighted by atomic mass is 10.2. The molecule has 1 aliphatic rings. The third-order valence-corrected chi connectivity index (χ3v) is 6.41. The van der Waals surface area contributed by atoms with Gasteiger partial charge in [0.25, 0.3) is 11.8 Å². The third kappa shape index (κ3) is 7.67. The molecule has 1 aliphatic heterocycles. The summed E-state index contributed by atoms with van der Waals surface area (Å²) in [6, 6.07) is 12.0. The number of anilines is 1. The van der Waals surface area contributed by atoms with Crippen molar-refractivity contribution in [3.05, 3.63) is 81.7 Å². The van der Waals surface area contributed by atoms with E-state index >= 15 is 0 Å². The van der Waals surface area contributed by atoms with Gasteiger partial charge >= 0.3 is 12.1 Å². The fraction of sp³-hybridized carbons (Fsp3) is 0.167. The van der Waals surface area contributed by atoms with Crippen LogP contribution in [0.2, 0.25) is 5.02 Å². The number of alkyl halides is 3. The lowest BCUT2D eigenvalue weighted by molar-refractivity contribution is -0.147. The SMILES string of the molecule is O=C(COC(=O)CCN1C(=O)/C(=C/C=Cc2ccccc2)SC1=S)Nc1cc(C(F)(F)F)ccc1Cl. The molecule has 0 aliphatic carbocycles. The fourth-order valence-corrected chi connectivity index (χ4v) is 4.35. The Kier molecular flexibility index (Phi) is 9.30. The molecular weight excluding hydrogens is 537 g/mol. The molecule has 0 radical (unpaired) electrons. The number of carbonyl (C=O) groups excluding carboxylic acids is 3. The van der Waals surface area contributed by atoms with Crippen LogP contribution < -0.4 is 5.32 Å². The van der Waals surface area contributed by atoms with E-state index in [1.165, 1.54) is 4.90 Å². The first-order valence-corrected chi connectivity index (χ1v) is 11.9. The van der Waals surface area contributed by atoms with Crippen molar-refractivity contribution in [3.63, 3.8) is 0 Å². The summed E-state index contributed by atoms with van der Waals surface area (Å²) in [5.41, 5.74) is -0.295. The van der Waals surface area contributed by atoms with E-state index in [1.807, 2.05) is 36.4 Å². The van der Waals surface area contributed by atoms with E-state index in [4.69, 9.17) is 28.6 Å². The Morgan fingerprint density at radius 1 is 1.17 bits per heavy atom. The normalized spacial score (nSPS) is 15.1. The number of esters is 1. The molecule has 0 saturated carbocycles. The number of allylic oxidation sites excluding steroid dienone is 2. The van der Waals surface area contributed by atoms with Gasteiger partial charge in [-0.3, -0.25) is 19.3 Å². The number of ether oxygens (including phenoxy) is 1. The zero-order chi connectivity index (χ0) is 26.3. The first-order chi connectivity index (χ1) is 17.0. The third-order valence-electron chi connectivity index (χ3n) is 4.68. The van der Waals surface area contributed by atoms with E-state index in [0.29, 0.717) is 11.0 Å². The van der Waals surface area contributed by atoms with Crippen LogP contribution >= 0.6 is 35.6 Å². The Bertz CT molecular complexity index is 1230. The van der Waals surface area contributed by atoms with E-state index in [9.17, 15) is 27.6 Å². The second kappa shape index (κ2) is 12.2. The summed E-state index contributed by atoms with van der Waals surface area (Å²) in [6.07, 6.45) is 0.341. The molecule has 1 saturated heterocycles. The molecule has 0 atom stereocenters. The van der Waals surface area contributed by atoms with Gasteiger partial charge in [0.05, 0.1) is 27.6 Å². The van der Waals surface area contributed by atoms with Crippen LogP contribution in [0.1, 0.15) is 17.5 Å². The molecule has 0 unspecified atom stereocenters. The molecule has 6 nitrogen and oxygen atoms in total. The van der Waals surface area contributed by atoms with Crippen molar-refractivity contribution in [3.8, 4) is 0 Å². The molecule has 2 amide bonds. The highest BCUT2D eigenvalue weighted by molar-refractivity contribution is 8.26. The second-order valence-electron chi connectivity index (χ2n) is 7.28. The summed E-state index contributed by atoms with van der Waals surface area (Å²) in [4.78, 5) is 38.3. The summed E-state index contributed by atoms with van der Waals surface area (Å²) >= 11 is 12.1. The number of nitrogens with one attached hydrogen (secondary N) is 1. The Hall–Kier alpha value is -3.15. The molecule has 188 valence electrons. The molecule has 2 aromatic carbocycles. The lowest BCUT2D eigenvalue weighted by Gasteiger charge is -2.14. The number of halogens is 4. The largest absolute Gasteiger partial charge is 0.456 e. The summed E-state index contributed by atoms with van der Waals surface area (Å²) < 4.78 is 43.7. The van der Waals surface area contributed by atoms with Crippen molar-refractivity contribution in [2.24, 2.45) is 0 Å². The molecular formula is C24H18ClF3N2O4S2. The van der Waals surface area contributed by atoms with E-state index in [-0.39, 0.29) is 33.9 Å². The van der Waals surface area contributed by atoms with Crippen molar-refractivity contribution < 1.29 is 32.3 Å². The fourth-order valence-electron chi connectivity index (χ4n) is 2.92. The highest BCUT2D eigenvalue weighted by Gasteiger charge is 2.32. The van der Waals surface area contributed by atoms with Crippen LogP contribution in [0.5, 0.6) is 0 Å². The first kappa shape index (κ1) is 27.4. The second-order valence-corrected chi connectivity index (χ2v) is 9.36. The maximum absolute atomic E-state index is 12.8. The van der Waals surface area contributed by atoms with Crippen LogP contribution in [0.25, 0.3) is 6.08 Å². The minimum absolute atomic E-state index is 0.0513. The van der Waals surface area contributed by atoms with Crippen LogP contribution in [0, 0.1) is 0 Å². The molecule has 3 rings (SSSR count). The molecule has 2 aromatic rings. The molecule has 36 heavy (non-hydrogen) atoms. The average molecular weight is 555 g/mol. The molecule has 1 heterocycles. The highest BCUT2D eigenvalue weighted by Crippen LogP contribution is 2.34. The molecule has 1 fully saturated rings. The van der Waals surface area contributed by atoms with Gasteiger partial charge in [-0.25, -0.2) is 0 Å². The topological polar surface area (TPSA) is 75.7 Å². The van der Waals surface area contributed by atoms with Crippen LogP contribution in [-0.2, 0) is 25.3 Å². The number of hydrogen-bond acceptors (Lipinski definition) is 6. The van der Waals surface area contributed by atoms with Gasteiger partial charge in [0, 0.05) is 6.54 Å². The van der Waals surface area contributed by atoms with Crippen LogP contribution in [0.3, 0.4) is 0 Å². The summed E-state index contributed by atoms with van der Waals surface area (Å²) in [7, 11) is 0. The molecule has 0 aromatic heterocycles. The van der Waals surface area contributed by atoms with E-state index in [1.54, 1.807) is 12.2 Å². The van der Waals surface area contributed by atoms with E-state index in [0.717, 1.165) is 29.5 Å². The number of thiocarbonyl (C=S) groups is 1. The quantitative estimate of drug-likeness (QED) is 0.257. The van der Waals surface area contributed by atoms with Gasteiger partial charge in [-0.1, -0.05) is 78.1 Å². The molecule has 0 bridgehead atoms. The van der Waals surface area contributed by atoms with Gasteiger partial charge in [-0.05, 0) is 29.8 Å². The number of benzene rings is 2. The van der Waals surface area contributed by atoms with Gasteiger partial charge < -0.3 is 10.1 Å². The van der Waals surface area contributed by atoms with Crippen molar-refractivity contribution in [1.29, 1.82) is 0 Å². The van der Waals surface area contributed by atoms with Crippen LogP contribution in [-0.4, -0.2) is 40.2 Å². The van der Waals surface area contributed by atoms with Crippen molar-refractivity contribution in [2.45, 2.75) is 12.6 Å². The predicted molar refractivity (Wildman–Crippen MR) is 136 cm³/mol. The zero-order valence-electron chi connectivity index (χ0n) is 18.4. The van der Waals surface area contributed by atoms with E-state index in [2.05, 4.69) is 5.32 Å². The van der Waals surface area contributed by atoms with Crippen molar-refractivity contribution in [2.75, 3.05) is 18.5 Å². The van der Waals surface area contributed by atoms with E-state index < -0.39 is 30.2 Å². The zero-order valence-corrected chi connectivity index (χ0v) is 20.8. The lowest BCUT2D eigenvalue weighted by Crippen LogP contribution is -2.31. The summed E-state index contributed by atoms with van der Waals surface area (Å²) in [5.74, 6) is -2.02.